The smallest absolute Gasteiger partial charge is 0.311 e. The normalized spacial score (nSPS) is 11.4. The Balaban J connectivity index is 2.19. The number of nitro groups is 1. The van der Waals surface area contributed by atoms with Crippen LogP contribution in [0.25, 0.3) is 0 Å². The van der Waals surface area contributed by atoms with Crippen LogP contribution < -0.4 is 5.73 Å². The molecule has 0 fully saturated rings. The Morgan fingerprint density at radius 1 is 1.14 bits per heavy atom. The van der Waals surface area contributed by atoms with Crippen LogP contribution >= 0.6 is 11.8 Å². The molecule has 2 N–H and O–H groups in total. The van der Waals surface area contributed by atoms with Gasteiger partial charge in [0.1, 0.15) is 5.03 Å². The van der Waals surface area contributed by atoms with Crippen LogP contribution in [-0.2, 0) is 5.41 Å². The second-order valence-electron chi connectivity index (χ2n) is 5.69. The number of nitrogens with zero attached hydrogens (tertiary/aromatic N) is 2. The van der Waals surface area contributed by atoms with Gasteiger partial charge in [0.25, 0.3) is 0 Å². The van der Waals surface area contributed by atoms with E-state index in [1.165, 1.54) is 23.4 Å². The molecule has 0 saturated heterocycles. The third kappa shape index (κ3) is 3.72. The molecular weight excluding hydrogens is 286 g/mol. The maximum absolute atomic E-state index is 10.7. The standard InChI is InChI=1S/C15H17N3O2S/c1-15(2,3)10-4-6-11(7-5-10)21-13-9-8-12(18(19)20)14(16)17-13/h4-9H,1-3H3,(H2,16,17). The molecule has 0 aliphatic carbocycles. The largest absolute Gasteiger partial charge is 0.378 e. The summed E-state index contributed by atoms with van der Waals surface area (Å²) in [4.78, 5) is 15.2. The van der Waals surface area contributed by atoms with E-state index in [0.29, 0.717) is 5.03 Å². The molecule has 21 heavy (non-hydrogen) atoms. The highest BCUT2D eigenvalue weighted by Gasteiger charge is 2.15. The molecule has 0 atom stereocenters. The van der Waals surface area contributed by atoms with Gasteiger partial charge in [-0.1, -0.05) is 44.7 Å². The highest BCUT2D eigenvalue weighted by molar-refractivity contribution is 7.99. The fourth-order valence-electron chi connectivity index (χ4n) is 1.80. The van der Waals surface area contributed by atoms with Crippen molar-refractivity contribution in [1.82, 2.24) is 4.98 Å². The predicted octanol–water partition coefficient (Wildman–Crippen LogP) is 4.02. The number of benzene rings is 1. The molecule has 1 aromatic carbocycles. The summed E-state index contributed by atoms with van der Waals surface area (Å²) in [6.45, 7) is 6.48. The summed E-state index contributed by atoms with van der Waals surface area (Å²) in [5, 5.41) is 11.3. The first-order chi connectivity index (χ1) is 9.77. The van der Waals surface area contributed by atoms with Crippen LogP contribution in [0.2, 0.25) is 0 Å². The number of anilines is 1. The molecule has 110 valence electrons. The van der Waals surface area contributed by atoms with Crippen molar-refractivity contribution in [2.45, 2.75) is 36.1 Å². The molecule has 0 bridgehead atoms. The fraction of sp³-hybridized carbons (Fsp3) is 0.267. The quantitative estimate of drug-likeness (QED) is 0.684. The summed E-state index contributed by atoms with van der Waals surface area (Å²) in [7, 11) is 0. The van der Waals surface area contributed by atoms with Gasteiger partial charge in [0.2, 0.25) is 5.82 Å². The summed E-state index contributed by atoms with van der Waals surface area (Å²) in [6, 6.07) is 11.2. The number of nitrogens with two attached hydrogens (primary N) is 1. The number of hydrogen-bond donors (Lipinski definition) is 1. The van der Waals surface area contributed by atoms with E-state index in [-0.39, 0.29) is 16.9 Å². The third-order valence-electron chi connectivity index (χ3n) is 3.02. The zero-order valence-electron chi connectivity index (χ0n) is 12.2. The minimum Gasteiger partial charge on any atom is -0.378 e. The summed E-state index contributed by atoms with van der Waals surface area (Å²) >= 11 is 1.43. The van der Waals surface area contributed by atoms with Gasteiger partial charge in [-0.3, -0.25) is 10.1 Å². The van der Waals surface area contributed by atoms with Gasteiger partial charge in [0, 0.05) is 11.0 Å². The maximum Gasteiger partial charge on any atom is 0.311 e. The zero-order chi connectivity index (χ0) is 15.6. The maximum atomic E-state index is 10.7. The number of hydrogen-bond acceptors (Lipinski definition) is 5. The molecule has 0 amide bonds. The van der Waals surface area contributed by atoms with Crippen LogP contribution in [0.3, 0.4) is 0 Å². The Kier molecular flexibility index (Phi) is 4.18. The summed E-state index contributed by atoms with van der Waals surface area (Å²) in [5.74, 6) is -0.0590. The molecule has 0 unspecified atom stereocenters. The lowest BCUT2D eigenvalue weighted by atomic mass is 9.87. The van der Waals surface area contributed by atoms with Gasteiger partial charge in [0.15, 0.2) is 0 Å². The summed E-state index contributed by atoms with van der Waals surface area (Å²) in [6.07, 6.45) is 0. The molecule has 0 aliphatic heterocycles. The van der Waals surface area contributed by atoms with Gasteiger partial charge in [-0.15, -0.1) is 0 Å². The lowest BCUT2D eigenvalue weighted by Gasteiger charge is -2.18. The van der Waals surface area contributed by atoms with Crippen LogP contribution in [0.4, 0.5) is 11.5 Å². The molecule has 0 radical (unpaired) electrons. The lowest BCUT2D eigenvalue weighted by molar-refractivity contribution is -0.384. The van der Waals surface area contributed by atoms with Gasteiger partial charge in [-0.25, -0.2) is 4.98 Å². The minimum absolute atomic E-state index is 0.0590. The SMILES string of the molecule is CC(C)(C)c1ccc(Sc2ccc([N+](=O)[O-])c(N)n2)cc1. The molecule has 6 heteroatoms. The summed E-state index contributed by atoms with van der Waals surface area (Å²) < 4.78 is 0. The van der Waals surface area contributed by atoms with E-state index >= 15 is 0 Å². The van der Waals surface area contributed by atoms with Crippen molar-refractivity contribution in [2.24, 2.45) is 0 Å². The molecule has 5 nitrogen and oxygen atoms in total. The topological polar surface area (TPSA) is 82.0 Å². The lowest BCUT2D eigenvalue weighted by Crippen LogP contribution is -2.10. The van der Waals surface area contributed by atoms with E-state index in [0.717, 1.165) is 4.90 Å². The Morgan fingerprint density at radius 3 is 2.24 bits per heavy atom. The van der Waals surface area contributed by atoms with E-state index in [9.17, 15) is 10.1 Å². The molecule has 1 heterocycles. The second kappa shape index (κ2) is 5.73. The van der Waals surface area contributed by atoms with E-state index in [1.807, 2.05) is 12.1 Å². The third-order valence-corrected chi connectivity index (χ3v) is 3.96. The molecule has 2 rings (SSSR count). The minimum atomic E-state index is -0.533. The molecule has 2 aromatic rings. The van der Waals surface area contributed by atoms with Crippen LogP contribution in [0, 0.1) is 10.1 Å². The van der Waals surface area contributed by atoms with Crippen LogP contribution in [0.5, 0.6) is 0 Å². The van der Waals surface area contributed by atoms with Crippen molar-refractivity contribution in [1.29, 1.82) is 0 Å². The van der Waals surface area contributed by atoms with Gasteiger partial charge < -0.3 is 5.73 Å². The van der Waals surface area contributed by atoms with E-state index < -0.39 is 4.92 Å². The van der Waals surface area contributed by atoms with Crippen LogP contribution in [-0.4, -0.2) is 9.91 Å². The first-order valence-electron chi connectivity index (χ1n) is 6.46. The van der Waals surface area contributed by atoms with Crippen molar-refractivity contribution >= 4 is 23.3 Å². The second-order valence-corrected chi connectivity index (χ2v) is 6.78. The highest BCUT2D eigenvalue weighted by Crippen LogP contribution is 2.31. The number of pyridine rings is 1. The van der Waals surface area contributed by atoms with Gasteiger partial charge >= 0.3 is 5.69 Å². The zero-order valence-corrected chi connectivity index (χ0v) is 13.0. The Morgan fingerprint density at radius 2 is 1.76 bits per heavy atom. The number of rotatable bonds is 3. The first-order valence-corrected chi connectivity index (χ1v) is 7.28. The Hall–Kier alpha value is -2.08. The van der Waals surface area contributed by atoms with Crippen molar-refractivity contribution < 1.29 is 4.92 Å². The Labute approximate surface area is 127 Å². The molecular formula is C15H17N3O2S. The highest BCUT2D eigenvalue weighted by atomic mass is 32.2. The number of aromatic nitrogens is 1. The molecule has 0 spiro atoms. The van der Waals surface area contributed by atoms with Crippen LogP contribution in [0.15, 0.2) is 46.3 Å². The molecule has 0 saturated carbocycles. The monoisotopic (exact) mass is 303 g/mol. The van der Waals surface area contributed by atoms with Crippen LogP contribution in [0.1, 0.15) is 26.3 Å². The number of nitrogen functional groups attached to an aromatic ring is 1. The first kappa shape index (κ1) is 15.3. The van der Waals surface area contributed by atoms with E-state index in [2.05, 4.69) is 37.9 Å². The van der Waals surface area contributed by atoms with Gasteiger partial charge in [-0.05, 0) is 29.2 Å². The summed E-state index contributed by atoms with van der Waals surface area (Å²) in [5.41, 5.74) is 6.79. The average Bonchev–Trinajstić information content (AvgIpc) is 2.38. The van der Waals surface area contributed by atoms with Crippen molar-refractivity contribution in [3.05, 3.63) is 52.1 Å². The molecule has 0 aliphatic rings. The van der Waals surface area contributed by atoms with E-state index in [1.54, 1.807) is 6.07 Å². The van der Waals surface area contributed by atoms with E-state index in [4.69, 9.17) is 5.73 Å². The van der Waals surface area contributed by atoms with Gasteiger partial charge in [-0.2, -0.15) is 0 Å². The van der Waals surface area contributed by atoms with Crippen molar-refractivity contribution in [3.63, 3.8) is 0 Å². The van der Waals surface area contributed by atoms with Crippen molar-refractivity contribution in [2.75, 3.05) is 5.73 Å². The van der Waals surface area contributed by atoms with Crippen molar-refractivity contribution in [3.8, 4) is 0 Å². The molecule has 1 aromatic heterocycles. The fourth-order valence-corrected chi connectivity index (χ4v) is 2.60. The average molecular weight is 303 g/mol. The Bertz CT molecular complexity index is 664. The van der Waals surface area contributed by atoms with Gasteiger partial charge in [0.05, 0.1) is 4.92 Å². The predicted molar refractivity (Wildman–Crippen MR) is 84.6 cm³/mol.